The first-order valence-electron chi connectivity index (χ1n) is 7.36. The second-order valence-electron chi connectivity index (χ2n) is 5.65. The number of rotatable bonds is 6. The Bertz CT molecular complexity index is 599. The van der Waals surface area contributed by atoms with Gasteiger partial charge in [0.1, 0.15) is 0 Å². The van der Waals surface area contributed by atoms with Crippen LogP contribution in [0, 0.1) is 6.92 Å². The number of aryl methyl sites for hydroxylation is 1. The highest BCUT2D eigenvalue weighted by atomic mass is 16.4. The zero-order valence-electron chi connectivity index (χ0n) is 13.8. The first-order valence-corrected chi connectivity index (χ1v) is 7.36. The summed E-state index contributed by atoms with van der Waals surface area (Å²) in [5.41, 5.74) is 1.85. The number of urea groups is 1. The minimum Gasteiger partial charge on any atom is -0.481 e. The van der Waals surface area contributed by atoms with Crippen LogP contribution in [0.3, 0.4) is 0 Å². The Hall–Kier alpha value is -2.57. The van der Waals surface area contributed by atoms with Crippen LogP contribution in [0.15, 0.2) is 18.2 Å². The van der Waals surface area contributed by atoms with Gasteiger partial charge in [0.05, 0.1) is 6.42 Å². The highest BCUT2D eigenvalue weighted by Gasteiger charge is 2.13. The van der Waals surface area contributed by atoms with E-state index in [-0.39, 0.29) is 24.9 Å². The third kappa shape index (κ3) is 5.98. The molecule has 0 fully saturated rings. The SMILES string of the molecule is Cc1cc(C(=O)NC(C)C)ccc1NC(=O)N(C)CCC(=O)O. The quantitative estimate of drug-likeness (QED) is 0.747. The molecule has 0 heterocycles. The van der Waals surface area contributed by atoms with E-state index in [0.717, 1.165) is 5.56 Å². The van der Waals surface area contributed by atoms with Crippen molar-refractivity contribution in [2.45, 2.75) is 33.2 Å². The maximum absolute atomic E-state index is 12.0. The van der Waals surface area contributed by atoms with E-state index in [1.807, 2.05) is 13.8 Å². The Morgan fingerprint density at radius 3 is 2.43 bits per heavy atom. The predicted octanol–water partition coefficient (Wildman–Crippen LogP) is 2.07. The van der Waals surface area contributed by atoms with Gasteiger partial charge in [-0.1, -0.05) is 0 Å². The van der Waals surface area contributed by atoms with Gasteiger partial charge in [-0.25, -0.2) is 4.79 Å². The average Bonchev–Trinajstić information content (AvgIpc) is 2.45. The third-order valence-electron chi connectivity index (χ3n) is 3.16. The summed E-state index contributed by atoms with van der Waals surface area (Å²) in [6, 6.07) is 4.65. The summed E-state index contributed by atoms with van der Waals surface area (Å²) in [5, 5.41) is 14.1. The number of hydrogen-bond donors (Lipinski definition) is 3. The van der Waals surface area contributed by atoms with Crippen LogP contribution in [0.1, 0.15) is 36.2 Å². The summed E-state index contributed by atoms with van der Waals surface area (Å²) >= 11 is 0. The van der Waals surface area contributed by atoms with Gasteiger partial charge in [0.15, 0.2) is 0 Å². The number of aliphatic carboxylic acids is 1. The molecule has 7 heteroatoms. The van der Waals surface area contributed by atoms with E-state index in [0.29, 0.717) is 11.3 Å². The second-order valence-corrected chi connectivity index (χ2v) is 5.65. The molecular formula is C16H23N3O4. The highest BCUT2D eigenvalue weighted by molar-refractivity contribution is 5.96. The molecule has 0 aliphatic carbocycles. The summed E-state index contributed by atoms with van der Waals surface area (Å²) in [5.74, 6) is -1.12. The van der Waals surface area contributed by atoms with Crippen LogP contribution in [0.5, 0.6) is 0 Å². The van der Waals surface area contributed by atoms with Crippen LogP contribution in [-0.4, -0.2) is 47.5 Å². The van der Waals surface area contributed by atoms with Crippen molar-refractivity contribution in [3.05, 3.63) is 29.3 Å². The minimum absolute atomic E-state index is 0.0464. The van der Waals surface area contributed by atoms with Gasteiger partial charge >= 0.3 is 12.0 Å². The van der Waals surface area contributed by atoms with E-state index in [4.69, 9.17) is 5.11 Å². The van der Waals surface area contributed by atoms with Crippen LogP contribution < -0.4 is 10.6 Å². The van der Waals surface area contributed by atoms with Gasteiger partial charge in [-0.05, 0) is 44.5 Å². The molecule has 3 N–H and O–H groups in total. The largest absolute Gasteiger partial charge is 0.481 e. The van der Waals surface area contributed by atoms with Gasteiger partial charge in [-0.3, -0.25) is 9.59 Å². The fraction of sp³-hybridized carbons (Fsp3) is 0.438. The minimum atomic E-state index is -0.957. The predicted molar refractivity (Wildman–Crippen MR) is 87.7 cm³/mol. The highest BCUT2D eigenvalue weighted by Crippen LogP contribution is 2.17. The molecule has 1 aromatic rings. The van der Waals surface area contributed by atoms with E-state index < -0.39 is 12.0 Å². The molecule has 0 bridgehead atoms. The van der Waals surface area contributed by atoms with E-state index in [9.17, 15) is 14.4 Å². The first-order chi connectivity index (χ1) is 10.7. The zero-order chi connectivity index (χ0) is 17.6. The summed E-state index contributed by atoms with van der Waals surface area (Å²) in [4.78, 5) is 35.7. The molecule has 23 heavy (non-hydrogen) atoms. The van der Waals surface area contributed by atoms with Crippen LogP contribution >= 0.6 is 0 Å². The lowest BCUT2D eigenvalue weighted by Crippen LogP contribution is -2.33. The lowest BCUT2D eigenvalue weighted by atomic mass is 10.1. The Kier molecular flexibility index (Phi) is 6.56. The third-order valence-corrected chi connectivity index (χ3v) is 3.16. The molecule has 1 aromatic carbocycles. The van der Waals surface area contributed by atoms with Crippen molar-refractivity contribution in [1.82, 2.24) is 10.2 Å². The smallest absolute Gasteiger partial charge is 0.321 e. The van der Waals surface area contributed by atoms with Gasteiger partial charge in [-0.15, -0.1) is 0 Å². The summed E-state index contributed by atoms with van der Waals surface area (Å²) in [6.45, 7) is 5.67. The maximum Gasteiger partial charge on any atom is 0.321 e. The van der Waals surface area contributed by atoms with Crippen LogP contribution in [0.2, 0.25) is 0 Å². The molecular weight excluding hydrogens is 298 g/mol. The molecule has 0 radical (unpaired) electrons. The molecule has 0 saturated heterocycles. The normalized spacial score (nSPS) is 10.3. The molecule has 0 aromatic heterocycles. The van der Waals surface area contributed by atoms with Gasteiger partial charge in [0.25, 0.3) is 5.91 Å². The molecule has 3 amide bonds. The maximum atomic E-state index is 12.0. The monoisotopic (exact) mass is 321 g/mol. The fourth-order valence-electron chi connectivity index (χ4n) is 1.87. The summed E-state index contributed by atoms with van der Waals surface area (Å²) < 4.78 is 0. The Morgan fingerprint density at radius 1 is 1.26 bits per heavy atom. The number of benzene rings is 1. The number of carbonyl (C=O) groups is 3. The number of hydrogen-bond acceptors (Lipinski definition) is 3. The molecule has 0 atom stereocenters. The van der Waals surface area contributed by atoms with Crippen LogP contribution in [0.25, 0.3) is 0 Å². The van der Waals surface area contributed by atoms with Crippen LogP contribution in [-0.2, 0) is 4.79 Å². The molecule has 0 saturated carbocycles. The van der Waals surface area contributed by atoms with Crippen molar-refractivity contribution < 1.29 is 19.5 Å². The van der Waals surface area contributed by atoms with Gasteiger partial charge in [-0.2, -0.15) is 0 Å². The number of amides is 3. The van der Waals surface area contributed by atoms with E-state index >= 15 is 0 Å². The number of nitrogens with zero attached hydrogens (tertiary/aromatic N) is 1. The Balaban J connectivity index is 2.73. The molecule has 0 unspecified atom stereocenters. The fourth-order valence-corrected chi connectivity index (χ4v) is 1.87. The molecule has 1 rings (SSSR count). The number of carbonyl (C=O) groups excluding carboxylic acids is 2. The average molecular weight is 321 g/mol. The van der Waals surface area contributed by atoms with Crippen molar-refractivity contribution >= 4 is 23.6 Å². The van der Waals surface area contributed by atoms with E-state index in [1.165, 1.54) is 11.9 Å². The summed E-state index contributed by atoms with van der Waals surface area (Å²) in [7, 11) is 1.53. The standard InChI is InChI=1S/C16H23N3O4/c1-10(2)17-15(22)12-5-6-13(11(3)9-12)18-16(23)19(4)8-7-14(20)21/h5-6,9-10H,7-8H2,1-4H3,(H,17,22)(H,18,23)(H,20,21). The number of anilines is 1. The lowest BCUT2D eigenvalue weighted by Gasteiger charge is -2.18. The number of nitrogens with one attached hydrogen (secondary N) is 2. The van der Waals surface area contributed by atoms with E-state index in [1.54, 1.807) is 25.1 Å². The van der Waals surface area contributed by atoms with E-state index in [2.05, 4.69) is 10.6 Å². The lowest BCUT2D eigenvalue weighted by molar-refractivity contribution is -0.137. The molecule has 0 spiro atoms. The van der Waals surface area contributed by atoms with Gasteiger partial charge < -0.3 is 20.6 Å². The first kappa shape index (κ1) is 18.5. The van der Waals surface area contributed by atoms with Gasteiger partial charge in [0.2, 0.25) is 0 Å². The van der Waals surface area contributed by atoms with Crippen molar-refractivity contribution in [3.8, 4) is 0 Å². The van der Waals surface area contributed by atoms with Crippen molar-refractivity contribution in [2.24, 2.45) is 0 Å². The van der Waals surface area contributed by atoms with Gasteiger partial charge in [0, 0.05) is 30.9 Å². The molecule has 7 nitrogen and oxygen atoms in total. The van der Waals surface area contributed by atoms with Crippen molar-refractivity contribution in [1.29, 1.82) is 0 Å². The molecule has 0 aliphatic rings. The van der Waals surface area contributed by atoms with Crippen molar-refractivity contribution in [2.75, 3.05) is 18.9 Å². The Morgan fingerprint density at radius 2 is 1.91 bits per heavy atom. The van der Waals surface area contributed by atoms with Crippen molar-refractivity contribution in [3.63, 3.8) is 0 Å². The number of carboxylic acids is 1. The zero-order valence-corrected chi connectivity index (χ0v) is 13.8. The Labute approximate surface area is 135 Å². The second kappa shape index (κ2) is 8.17. The molecule has 0 aliphatic heterocycles. The molecule has 126 valence electrons. The summed E-state index contributed by atoms with van der Waals surface area (Å²) in [6.07, 6.45) is -0.114. The van der Waals surface area contributed by atoms with Crippen LogP contribution in [0.4, 0.5) is 10.5 Å². The number of carboxylic acid groups (broad SMARTS) is 1. The topological polar surface area (TPSA) is 98.7 Å².